The quantitative estimate of drug-likeness (QED) is 0.569. The van der Waals surface area contributed by atoms with Crippen LogP contribution in [-0.4, -0.2) is 16.1 Å². The fraction of sp³-hybridized carbons (Fsp3) is 0.0455. The molecule has 5 nitrogen and oxygen atoms in total. The molecule has 0 aliphatic heterocycles. The molecule has 0 saturated heterocycles. The van der Waals surface area contributed by atoms with E-state index < -0.39 is 0 Å². The Kier molecular flexibility index (Phi) is 4.74. The molecule has 0 bridgehead atoms. The van der Waals surface area contributed by atoms with Gasteiger partial charge in [0.15, 0.2) is 0 Å². The van der Waals surface area contributed by atoms with Crippen LogP contribution in [0.5, 0.6) is 0 Å². The highest BCUT2D eigenvalue weighted by Crippen LogP contribution is 2.25. The predicted octanol–water partition coefficient (Wildman–Crippen LogP) is 4.58. The van der Waals surface area contributed by atoms with Crippen LogP contribution in [0.15, 0.2) is 89.3 Å². The van der Waals surface area contributed by atoms with Gasteiger partial charge >= 0.3 is 0 Å². The number of rotatable bonds is 5. The molecule has 0 fully saturated rings. The summed E-state index contributed by atoms with van der Waals surface area (Å²) in [6.07, 6.45) is 0.323. The molecule has 3 aromatic carbocycles. The summed E-state index contributed by atoms with van der Waals surface area (Å²) in [6.45, 7) is 0. The molecule has 4 rings (SSSR count). The molecular weight excluding hydrogens is 338 g/mol. The Balaban J connectivity index is 1.49. The summed E-state index contributed by atoms with van der Waals surface area (Å²) in [5.74, 6) is 0.797. The van der Waals surface area contributed by atoms with Crippen LogP contribution in [0.25, 0.3) is 22.9 Å². The van der Waals surface area contributed by atoms with Crippen molar-refractivity contribution >= 4 is 11.6 Å². The third kappa shape index (κ3) is 4.10. The van der Waals surface area contributed by atoms with Gasteiger partial charge < -0.3 is 9.73 Å². The summed E-state index contributed by atoms with van der Waals surface area (Å²) in [4.78, 5) is 12.3. The first kappa shape index (κ1) is 16.7. The van der Waals surface area contributed by atoms with Crippen molar-refractivity contribution in [1.82, 2.24) is 10.2 Å². The highest BCUT2D eigenvalue weighted by Gasteiger charge is 2.11. The highest BCUT2D eigenvalue weighted by molar-refractivity contribution is 5.92. The molecule has 1 aromatic heterocycles. The van der Waals surface area contributed by atoms with Crippen LogP contribution in [0.3, 0.4) is 0 Å². The molecule has 5 heteroatoms. The Morgan fingerprint density at radius 1 is 0.778 bits per heavy atom. The van der Waals surface area contributed by atoms with Gasteiger partial charge in [0.1, 0.15) is 0 Å². The van der Waals surface area contributed by atoms with Gasteiger partial charge in [-0.1, -0.05) is 54.6 Å². The number of benzene rings is 3. The highest BCUT2D eigenvalue weighted by atomic mass is 16.4. The van der Waals surface area contributed by atoms with Crippen LogP contribution in [0.1, 0.15) is 5.56 Å². The Hall–Kier alpha value is -3.73. The SMILES string of the molecule is O=C(Cc1ccccc1)Nc1cccc(-c2nnc(-c3ccccc3)o2)c1. The van der Waals surface area contributed by atoms with Crippen LogP contribution in [0.4, 0.5) is 5.69 Å². The second kappa shape index (κ2) is 7.66. The maximum atomic E-state index is 12.3. The minimum absolute atomic E-state index is 0.0751. The van der Waals surface area contributed by atoms with E-state index in [-0.39, 0.29) is 5.91 Å². The molecule has 0 atom stereocenters. The molecule has 0 aliphatic rings. The lowest BCUT2D eigenvalue weighted by Crippen LogP contribution is -2.14. The molecule has 4 aromatic rings. The fourth-order valence-corrected chi connectivity index (χ4v) is 2.75. The van der Waals surface area contributed by atoms with Crippen molar-refractivity contribution in [3.8, 4) is 22.9 Å². The zero-order valence-corrected chi connectivity index (χ0v) is 14.5. The molecule has 0 saturated carbocycles. The van der Waals surface area contributed by atoms with Crippen molar-refractivity contribution in [1.29, 1.82) is 0 Å². The first-order valence-electron chi connectivity index (χ1n) is 8.61. The largest absolute Gasteiger partial charge is 0.416 e. The maximum absolute atomic E-state index is 12.3. The third-order valence-corrected chi connectivity index (χ3v) is 4.05. The molecule has 27 heavy (non-hydrogen) atoms. The van der Waals surface area contributed by atoms with E-state index in [4.69, 9.17) is 4.42 Å². The van der Waals surface area contributed by atoms with Crippen LogP contribution in [0, 0.1) is 0 Å². The van der Waals surface area contributed by atoms with E-state index in [0.29, 0.717) is 23.9 Å². The molecule has 0 spiro atoms. The normalized spacial score (nSPS) is 10.5. The van der Waals surface area contributed by atoms with Gasteiger partial charge in [-0.05, 0) is 35.9 Å². The van der Waals surface area contributed by atoms with E-state index in [1.165, 1.54) is 0 Å². The van der Waals surface area contributed by atoms with Gasteiger partial charge in [-0.2, -0.15) is 0 Å². The van der Waals surface area contributed by atoms with E-state index >= 15 is 0 Å². The smallest absolute Gasteiger partial charge is 0.248 e. The fourth-order valence-electron chi connectivity index (χ4n) is 2.75. The first-order chi connectivity index (χ1) is 13.3. The monoisotopic (exact) mass is 355 g/mol. The van der Waals surface area contributed by atoms with Gasteiger partial charge in [-0.3, -0.25) is 4.79 Å². The van der Waals surface area contributed by atoms with Crippen molar-refractivity contribution in [2.75, 3.05) is 5.32 Å². The number of carbonyl (C=O) groups excluding carboxylic acids is 1. The van der Waals surface area contributed by atoms with E-state index in [0.717, 1.165) is 16.7 Å². The average molecular weight is 355 g/mol. The lowest BCUT2D eigenvalue weighted by atomic mass is 10.1. The van der Waals surface area contributed by atoms with E-state index in [1.807, 2.05) is 84.9 Å². The molecule has 1 N–H and O–H groups in total. The second-order valence-electron chi connectivity index (χ2n) is 6.07. The number of hydrogen-bond acceptors (Lipinski definition) is 4. The van der Waals surface area contributed by atoms with Gasteiger partial charge in [0.2, 0.25) is 17.7 Å². The van der Waals surface area contributed by atoms with E-state index in [9.17, 15) is 4.79 Å². The van der Waals surface area contributed by atoms with Gasteiger partial charge in [-0.25, -0.2) is 0 Å². The summed E-state index contributed by atoms with van der Waals surface area (Å²) in [5, 5.41) is 11.1. The second-order valence-corrected chi connectivity index (χ2v) is 6.07. The summed E-state index contributed by atoms with van der Waals surface area (Å²) in [6, 6.07) is 26.6. The van der Waals surface area contributed by atoms with Crippen LogP contribution in [0.2, 0.25) is 0 Å². The molecule has 1 amide bonds. The summed E-state index contributed by atoms with van der Waals surface area (Å²) < 4.78 is 5.78. The average Bonchev–Trinajstić information content (AvgIpc) is 3.20. The number of nitrogens with one attached hydrogen (secondary N) is 1. The van der Waals surface area contributed by atoms with E-state index in [1.54, 1.807) is 0 Å². The summed E-state index contributed by atoms with van der Waals surface area (Å²) in [7, 11) is 0. The zero-order valence-electron chi connectivity index (χ0n) is 14.5. The van der Waals surface area contributed by atoms with E-state index in [2.05, 4.69) is 15.5 Å². The molecule has 132 valence electrons. The molecular formula is C22H17N3O2. The van der Waals surface area contributed by atoms with Crippen molar-refractivity contribution in [3.63, 3.8) is 0 Å². The Bertz CT molecular complexity index is 1040. The minimum Gasteiger partial charge on any atom is -0.416 e. The van der Waals surface area contributed by atoms with Crippen molar-refractivity contribution in [3.05, 3.63) is 90.5 Å². The van der Waals surface area contributed by atoms with Crippen molar-refractivity contribution in [2.45, 2.75) is 6.42 Å². The summed E-state index contributed by atoms with van der Waals surface area (Å²) >= 11 is 0. The van der Waals surface area contributed by atoms with Gasteiger partial charge in [0.25, 0.3) is 0 Å². The third-order valence-electron chi connectivity index (χ3n) is 4.05. The number of aromatic nitrogens is 2. The number of nitrogens with zero attached hydrogens (tertiary/aromatic N) is 2. The van der Waals surface area contributed by atoms with Crippen molar-refractivity contribution < 1.29 is 9.21 Å². The van der Waals surface area contributed by atoms with Crippen molar-refractivity contribution in [2.24, 2.45) is 0 Å². The van der Waals surface area contributed by atoms with Gasteiger partial charge in [0.05, 0.1) is 6.42 Å². The number of carbonyl (C=O) groups is 1. The Morgan fingerprint density at radius 2 is 1.41 bits per heavy atom. The van der Waals surface area contributed by atoms with Crippen LogP contribution < -0.4 is 5.32 Å². The lowest BCUT2D eigenvalue weighted by molar-refractivity contribution is -0.115. The molecule has 0 unspecified atom stereocenters. The predicted molar refractivity (Wildman–Crippen MR) is 104 cm³/mol. The Morgan fingerprint density at radius 3 is 2.15 bits per heavy atom. The maximum Gasteiger partial charge on any atom is 0.248 e. The first-order valence-corrected chi connectivity index (χ1v) is 8.61. The standard InChI is InChI=1S/C22H17N3O2/c26-20(14-16-8-3-1-4-9-16)23-19-13-7-12-18(15-19)22-25-24-21(27-22)17-10-5-2-6-11-17/h1-13,15H,14H2,(H,23,26). The lowest BCUT2D eigenvalue weighted by Gasteiger charge is -2.06. The molecule has 0 aliphatic carbocycles. The Labute approximate surface area is 156 Å². The van der Waals surface area contributed by atoms with Gasteiger partial charge in [0, 0.05) is 16.8 Å². The number of hydrogen-bond donors (Lipinski definition) is 1. The number of anilines is 1. The molecule has 0 radical (unpaired) electrons. The zero-order chi connectivity index (χ0) is 18.5. The molecule has 1 heterocycles. The number of amides is 1. The van der Waals surface area contributed by atoms with Gasteiger partial charge in [-0.15, -0.1) is 10.2 Å². The topological polar surface area (TPSA) is 68.0 Å². The summed E-state index contributed by atoms with van der Waals surface area (Å²) in [5.41, 5.74) is 3.27. The van der Waals surface area contributed by atoms with Crippen LogP contribution in [-0.2, 0) is 11.2 Å². The minimum atomic E-state index is -0.0751. The van der Waals surface area contributed by atoms with Crippen LogP contribution >= 0.6 is 0 Å².